The molecular weight excluding hydrogens is 281 g/mol. The van der Waals surface area contributed by atoms with Gasteiger partial charge in [0.25, 0.3) is 0 Å². The van der Waals surface area contributed by atoms with E-state index >= 15 is 0 Å². The minimum absolute atomic E-state index is 0.519. The molecule has 1 aromatic carbocycles. The molecule has 0 saturated carbocycles. The molecule has 0 unspecified atom stereocenters. The van der Waals surface area contributed by atoms with E-state index in [-0.39, 0.29) is 0 Å². The monoisotopic (exact) mass is 295 g/mol. The molecule has 0 atom stereocenters. The first kappa shape index (κ1) is 14.1. The number of aromatic nitrogens is 2. The number of rotatable bonds is 4. The smallest absolute Gasteiger partial charge is 0.137 e. The van der Waals surface area contributed by atoms with Crippen LogP contribution in [0.1, 0.15) is 18.1 Å². The third kappa shape index (κ3) is 3.37. The number of benzene rings is 1. The van der Waals surface area contributed by atoms with Gasteiger partial charge in [-0.3, -0.25) is 0 Å². The first-order chi connectivity index (χ1) is 9.11. The second-order valence-electron chi connectivity index (χ2n) is 4.31. The molecule has 0 spiro atoms. The molecule has 5 heteroatoms. The fourth-order valence-electron chi connectivity index (χ4n) is 2.00. The fraction of sp³-hybridized carbons (Fsp3) is 0.286. The molecule has 0 aliphatic carbocycles. The molecule has 0 aliphatic heterocycles. The van der Waals surface area contributed by atoms with E-state index in [4.69, 9.17) is 23.2 Å². The van der Waals surface area contributed by atoms with Crippen LogP contribution in [-0.2, 0) is 13.0 Å². The molecule has 0 aliphatic rings. The molecule has 0 radical (unpaired) electrons. The van der Waals surface area contributed by atoms with Gasteiger partial charge in [0.2, 0.25) is 0 Å². The van der Waals surface area contributed by atoms with Gasteiger partial charge in [-0.1, -0.05) is 42.3 Å². The van der Waals surface area contributed by atoms with E-state index in [2.05, 4.69) is 14.9 Å². The number of nitrogens with zero attached hydrogens (tertiary/aromatic N) is 3. The highest BCUT2D eigenvalue weighted by Gasteiger charge is 2.12. The molecule has 0 amide bonds. The van der Waals surface area contributed by atoms with Crippen molar-refractivity contribution >= 4 is 29.0 Å². The molecule has 2 aromatic rings. The van der Waals surface area contributed by atoms with Crippen LogP contribution in [0.2, 0.25) is 10.2 Å². The second kappa shape index (κ2) is 6.22. The maximum Gasteiger partial charge on any atom is 0.137 e. The van der Waals surface area contributed by atoms with Crippen LogP contribution in [0.4, 0.5) is 5.82 Å². The standard InChI is InChI=1S/C14H15Cl2N3/c1-3-12-13(16)17-9-18-14(12)19(2)8-10-5-4-6-11(15)7-10/h4-7,9H,3,8H2,1-2H3. The lowest BCUT2D eigenvalue weighted by molar-refractivity contribution is 0.870. The van der Waals surface area contributed by atoms with Gasteiger partial charge in [0.05, 0.1) is 0 Å². The Morgan fingerprint density at radius 3 is 2.68 bits per heavy atom. The Labute approximate surface area is 123 Å². The summed E-state index contributed by atoms with van der Waals surface area (Å²) in [6, 6.07) is 7.80. The Kier molecular flexibility index (Phi) is 4.61. The Morgan fingerprint density at radius 1 is 1.21 bits per heavy atom. The Bertz CT molecular complexity index is 572. The molecule has 1 heterocycles. The number of hydrogen-bond acceptors (Lipinski definition) is 3. The first-order valence-corrected chi connectivity index (χ1v) is 6.82. The van der Waals surface area contributed by atoms with Crippen molar-refractivity contribution in [3.8, 4) is 0 Å². The van der Waals surface area contributed by atoms with E-state index in [0.717, 1.165) is 34.9 Å². The van der Waals surface area contributed by atoms with Crippen molar-refractivity contribution in [3.63, 3.8) is 0 Å². The molecule has 19 heavy (non-hydrogen) atoms. The lowest BCUT2D eigenvalue weighted by Crippen LogP contribution is -2.19. The van der Waals surface area contributed by atoms with Crippen molar-refractivity contribution in [1.82, 2.24) is 9.97 Å². The van der Waals surface area contributed by atoms with E-state index in [1.54, 1.807) is 0 Å². The maximum absolute atomic E-state index is 6.10. The van der Waals surface area contributed by atoms with Gasteiger partial charge in [0.1, 0.15) is 17.3 Å². The summed E-state index contributed by atoms with van der Waals surface area (Å²) >= 11 is 12.1. The van der Waals surface area contributed by atoms with Crippen molar-refractivity contribution in [2.45, 2.75) is 19.9 Å². The average Bonchev–Trinajstić information content (AvgIpc) is 2.38. The normalized spacial score (nSPS) is 10.5. The molecule has 0 fully saturated rings. The van der Waals surface area contributed by atoms with Gasteiger partial charge in [0, 0.05) is 24.2 Å². The summed E-state index contributed by atoms with van der Waals surface area (Å²) in [4.78, 5) is 10.4. The van der Waals surface area contributed by atoms with Crippen LogP contribution in [0.15, 0.2) is 30.6 Å². The van der Waals surface area contributed by atoms with Gasteiger partial charge in [-0.05, 0) is 24.1 Å². The van der Waals surface area contributed by atoms with Gasteiger partial charge >= 0.3 is 0 Å². The Balaban J connectivity index is 2.25. The summed E-state index contributed by atoms with van der Waals surface area (Å²) in [6.45, 7) is 2.77. The quantitative estimate of drug-likeness (QED) is 0.799. The molecule has 0 bridgehead atoms. The molecule has 0 saturated heterocycles. The highest BCUT2D eigenvalue weighted by molar-refractivity contribution is 6.30. The van der Waals surface area contributed by atoms with Crippen LogP contribution in [0.25, 0.3) is 0 Å². The van der Waals surface area contributed by atoms with Crippen molar-refractivity contribution in [1.29, 1.82) is 0 Å². The van der Waals surface area contributed by atoms with Gasteiger partial charge in [-0.15, -0.1) is 0 Å². The van der Waals surface area contributed by atoms with E-state index < -0.39 is 0 Å². The van der Waals surface area contributed by atoms with Gasteiger partial charge in [-0.2, -0.15) is 0 Å². The zero-order valence-electron chi connectivity index (χ0n) is 10.9. The van der Waals surface area contributed by atoms with E-state index in [0.29, 0.717) is 5.15 Å². The lowest BCUT2D eigenvalue weighted by atomic mass is 10.2. The molecule has 1 aromatic heterocycles. The van der Waals surface area contributed by atoms with Crippen LogP contribution in [0, 0.1) is 0 Å². The van der Waals surface area contributed by atoms with Gasteiger partial charge in [-0.25, -0.2) is 9.97 Å². The van der Waals surface area contributed by atoms with Crippen molar-refractivity contribution in [3.05, 3.63) is 51.9 Å². The van der Waals surface area contributed by atoms with E-state index in [1.165, 1.54) is 6.33 Å². The summed E-state index contributed by atoms with van der Waals surface area (Å²) in [5, 5.41) is 1.26. The number of halogens is 2. The highest BCUT2D eigenvalue weighted by atomic mass is 35.5. The molecule has 0 N–H and O–H groups in total. The minimum Gasteiger partial charge on any atom is -0.355 e. The summed E-state index contributed by atoms with van der Waals surface area (Å²) in [5.41, 5.74) is 2.10. The van der Waals surface area contributed by atoms with Crippen LogP contribution < -0.4 is 4.90 Å². The second-order valence-corrected chi connectivity index (χ2v) is 5.10. The predicted molar refractivity (Wildman–Crippen MR) is 80.0 cm³/mol. The first-order valence-electron chi connectivity index (χ1n) is 6.06. The topological polar surface area (TPSA) is 29.0 Å². The third-order valence-corrected chi connectivity index (χ3v) is 3.45. The number of anilines is 1. The highest BCUT2D eigenvalue weighted by Crippen LogP contribution is 2.24. The lowest BCUT2D eigenvalue weighted by Gasteiger charge is -2.21. The summed E-state index contributed by atoms with van der Waals surface area (Å²) in [5.74, 6) is 0.863. The zero-order valence-corrected chi connectivity index (χ0v) is 12.4. The zero-order chi connectivity index (χ0) is 13.8. The van der Waals surface area contributed by atoms with Crippen LogP contribution in [-0.4, -0.2) is 17.0 Å². The van der Waals surface area contributed by atoms with Crippen LogP contribution >= 0.6 is 23.2 Å². The summed E-state index contributed by atoms with van der Waals surface area (Å²) < 4.78 is 0. The van der Waals surface area contributed by atoms with Gasteiger partial charge < -0.3 is 4.90 Å². The third-order valence-electron chi connectivity index (χ3n) is 2.89. The average molecular weight is 296 g/mol. The molecule has 100 valence electrons. The minimum atomic E-state index is 0.519. The molecular formula is C14H15Cl2N3. The summed E-state index contributed by atoms with van der Waals surface area (Å²) in [7, 11) is 1.98. The van der Waals surface area contributed by atoms with Crippen LogP contribution in [0.3, 0.4) is 0 Å². The fourth-order valence-corrected chi connectivity index (χ4v) is 2.47. The van der Waals surface area contributed by atoms with Crippen LogP contribution in [0.5, 0.6) is 0 Å². The van der Waals surface area contributed by atoms with Crippen molar-refractivity contribution < 1.29 is 0 Å². The van der Waals surface area contributed by atoms with Crippen molar-refractivity contribution in [2.75, 3.05) is 11.9 Å². The van der Waals surface area contributed by atoms with Crippen molar-refractivity contribution in [2.24, 2.45) is 0 Å². The molecule has 2 rings (SSSR count). The Hall–Kier alpha value is -1.32. The molecule has 3 nitrogen and oxygen atoms in total. The van der Waals surface area contributed by atoms with Gasteiger partial charge in [0.15, 0.2) is 0 Å². The largest absolute Gasteiger partial charge is 0.355 e. The number of hydrogen-bond donors (Lipinski definition) is 0. The summed E-state index contributed by atoms with van der Waals surface area (Å²) in [6.07, 6.45) is 2.29. The Morgan fingerprint density at radius 2 is 2.00 bits per heavy atom. The maximum atomic E-state index is 6.10. The van der Waals surface area contributed by atoms with E-state index in [1.807, 2.05) is 38.2 Å². The predicted octanol–water partition coefficient (Wildman–Crippen LogP) is 3.98. The van der Waals surface area contributed by atoms with E-state index in [9.17, 15) is 0 Å². The SMILES string of the molecule is CCc1c(Cl)ncnc1N(C)Cc1cccc(Cl)c1.